The maximum absolute atomic E-state index is 12.5. The van der Waals surface area contributed by atoms with E-state index in [4.69, 9.17) is 14.2 Å². The summed E-state index contributed by atoms with van der Waals surface area (Å²) in [6.45, 7) is 6.44. The summed E-state index contributed by atoms with van der Waals surface area (Å²) < 4.78 is 16.9. The van der Waals surface area contributed by atoms with E-state index in [0.717, 1.165) is 38.5 Å². The van der Waals surface area contributed by atoms with Crippen molar-refractivity contribution in [2.75, 3.05) is 6.79 Å². The Bertz CT molecular complexity index is 517. The Morgan fingerprint density at radius 3 is 2.41 bits per heavy atom. The molecule has 0 N–H and O–H groups in total. The summed E-state index contributed by atoms with van der Waals surface area (Å²) >= 11 is 0. The Morgan fingerprint density at radius 1 is 1.00 bits per heavy atom. The number of hydrogen-bond donors (Lipinski definition) is 0. The molecular weight excluding hydrogens is 344 g/mol. The van der Waals surface area contributed by atoms with Gasteiger partial charge in [0.25, 0.3) is 0 Å². The number of carbonyl (C=O) groups is 2. The molecule has 0 aromatic heterocycles. The number of esters is 2. The summed E-state index contributed by atoms with van der Waals surface area (Å²) in [5, 5.41) is 0. The van der Waals surface area contributed by atoms with Crippen LogP contribution in [0.1, 0.15) is 85.0 Å². The van der Waals surface area contributed by atoms with Gasteiger partial charge in [-0.15, -0.1) is 0 Å². The molecule has 0 aromatic rings. The lowest BCUT2D eigenvalue weighted by atomic mass is 9.86. The van der Waals surface area contributed by atoms with Crippen LogP contribution in [-0.2, 0) is 23.8 Å². The van der Waals surface area contributed by atoms with Crippen molar-refractivity contribution < 1.29 is 23.8 Å². The van der Waals surface area contributed by atoms with Crippen LogP contribution >= 0.6 is 0 Å². The summed E-state index contributed by atoms with van der Waals surface area (Å²) in [6.07, 6.45) is 9.93. The van der Waals surface area contributed by atoms with Crippen molar-refractivity contribution in [3.63, 3.8) is 0 Å². The fraction of sp³-hybridized carbons (Fsp3) is 0.909. The van der Waals surface area contributed by atoms with Gasteiger partial charge in [-0.2, -0.15) is 0 Å². The Labute approximate surface area is 163 Å². The Morgan fingerprint density at radius 2 is 1.74 bits per heavy atom. The first-order chi connectivity index (χ1) is 12.8. The van der Waals surface area contributed by atoms with E-state index < -0.39 is 0 Å². The summed E-state index contributed by atoms with van der Waals surface area (Å²) in [5.41, 5.74) is 0.123. The summed E-state index contributed by atoms with van der Waals surface area (Å²) in [4.78, 5) is 24.7. The molecule has 4 atom stereocenters. The lowest BCUT2D eigenvalue weighted by Crippen LogP contribution is -2.35. The third-order valence-electron chi connectivity index (χ3n) is 6.47. The molecule has 0 aliphatic heterocycles. The SMILES string of the molecule is CC(C)(C)CCC(=O)OC1CC2CC(C(=O)OCOC3CCCCC3)C1C2. The standard InChI is InChI=1S/C22H36O5/c1-22(2,3)10-9-20(23)27-19-13-15-11-17(19)18(12-15)21(24)26-14-25-16-7-5-4-6-8-16/h15-19H,4-14H2,1-3H3. The lowest BCUT2D eigenvalue weighted by Gasteiger charge is -2.28. The van der Waals surface area contributed by atoms with Crippen LogP contribution in [0, 0.1) is 23.2 Å². The van der Waals surface area contributed by atoms with Crippen molar-refractivity contribution in [3.05, 3.63) is 0 Å². The highest BCUT2D eigenvalue weighted by Gasteiger charge is 2.51. The smallest absolute Gasteiger partial charge is 0.311 e. The fourth-order valence-electron chi connectivity index (χ4n) is 4.92. The van der Waals surface area contributed by atoms with Gasteiger partial charge in [0.05, 0.1) is 12.0 Å². The molecule has 0 saturated heterocycles. The lowest BCUT2D eigenvalue weighted by molar-refractivity contribution is -0.173. The minimum atomic E-state index is -0.172. The highest BCUT2D eigenvalue weighted by atomic mass is 16.7. The van der Waals surface area contributed by atoms with E-state index in [2.05, 4.69) is 20.8 Å². The van der Waals surface area contributed by atoms with E-state index in [9.17, 15) is 9.59 Å². The minimum absolute atomic E-state index is 0.0629. The predicted molar refractivity (Wildman–Crippen MR) is 102 cm³/mol. The van der Waals surface area contributed by atoms with Crippen LogP contribution in [0.15, 0.2) is 0 Å². The third-order valence-corrected chi connectivity index (χ3v) is 6.47. The molecule has 3 aliphatic rings. The molecule has 4 unspecified atom stereocenters. The van der Waals surface area contributed by atoms with E-state index in [1.54, 1.807) is 0 Å². The average molecular weight is 381 g/mol. The predicted octanol–water partition coefficient (Wildman–Crippen LogP) is 4.62. The van der Waals surface area contributed by atoms with Gasteiger partial charge in [0.2, 0.25) is 0 Å². The number of fused-ring (bicyclic) bond motifs is 2. The number of carbonyl (C=O) groups excluding carboxylic acids is 2. The maximum Gasteiger partial charge on any atom is 0.311 e. The second-order valence-corrected chi connectivity index (χ2v) is 9.94. The average Bonchev–Trinajstić information content (AvgIpc) is 3.20. The normalized spacial score (nSPS) is 31.1. The fourth-order valence-corrected chi connectivity index (χ4v) is 4.92. The molecule has 3 fully saturated rings. The maximum atomic E-state index is 12.5. The molecule has 0 aromatic carbocycles. The first-order valence-corrected chi connectivity index (χ1v) is 10.8. The van der Waals surface area contributed by atoms with Crippen LogP contribution in [0.4, 0.5) is 0 Å². The van der Waals surface area contributed by atoms with Gasteiger partial charge in [0, 0.05) is 12.3 Å². The van der Waals surface area contributed by atoms with Crippen molar-refractivity contribution in [2.24, 2.45) is 23.2 Å². The minimum Gasteiger partial charge on any atom is -0.462 e. The molecule has 2 bridgehead atoms. The van der Waals surface area contributed by atoms with Crippen LogP contribution in [0.2, 0.25) is 0 Å². The largest absolute Gasteiger partial charge is 0.462 e. The molecule has 0 heterocycles. The molecule has 5 heteroatoms. The van der Waals surface area contributed by atoms with Crippen LogP contribution in [-0.4, -0.2) is 30.9 Å². The zero-order chi connectivity index (χ0) is 19.4. The molecule has 27 heavy (non-hydrogen) atoms. The highest BCUT2D eigenvalue weighted by molar-refractivity contribution is 5.74. The Balaban J connectivity index is 1.41. The van der Waals surface area contributed by atoms with E-state index >= 15 is 0 Å². The molecule has 3 saturated carbocycles. The third kappa shape index (κ3) is 5.94. The summed E-state index contributed by atoms with van der Waals surface area (Å²) in [7, 11) is 0. The molecule has 0 radical (unpaired) electrons. The van der Waals surface area contributed by atoms with E-state index in [1.165, 1.54) is 19.3 Å². The molecule has 0 amide bonds. The van der Waals surface area contributed by atoms with Crippen molar-refractivity contribution >= 4 is 11.9 Å². The van der Waals surface area contributed by atoms with E-state index in [-0.39, 0.29) is 48.2 Å². The van der Waals surface area contributed by atoms with Gasteiger partial charge in [-0.05, 0) is 49.9 Å². The topological polar surface area (TPSA) is 61.8 Å². The van der Waals surface area contributed by atoms with Crippen LogP contribution in [0.5, 0.6) is 0 Å². The highest BCUT2D eigenvalue weighted by Crippen LogP contribution is 2.50. The number of rotatable bonds is 7. The first-order valence-electron chi connectivity index (χ1n) is 10.8. The summed E-state index contributed by atoms with van der Waals surface area (Å²) in [6, 6.07) is 0. The first kappa shape index (κ1) is 20.6. The van der Waals surface area contributed by atoms with Gasteiger partial charge in [-0.3, -0.25) is 9.59 Å². The van der Waals surface area contributed by atoms with Crippen LogP contribution in [0.3, 0.4) is 0 Å². The Hall–Kier alpha value is -1.10. The summed E-state index contributed by atoms with van der Waals surface area (Å²) in [5.74, 6) is 0.158. The number of hydrogen-bond acceptors (Lipinski definition) is 5. The Kier molecular flexibility index (Phi) is 6.83. The van der Waals surface area contributed by atoms with Crippen LogP contribution < -0.4 is 0 Å². The van der Waals surface area contributed by atoms with E-state index in [0.29, 0.717) is 12.3 Å². The zero-order valence-corrected chi connectivity index (χ0v) is 17.2. The quantitative estimate of drug-likeness (QED) is 0.476. The second kappa shape index (κ2) is 8.93. The second-order valence-electron chi connectivity index (χ2n) is 9.94. The molecule has 5 nitrogen and oxygen atoms in total. The molecule has 3 rings (SSSR count). The zero-order valence-electron chi connectivity index (χ0n) is 17.2. The van der Waals surface area contributed by atoms with Crippen LogP contribution in [0.25, 0.3) is 0 Å². The van der Waals surface area contributed by atoms with Gasteiger partial charge >= 0.3 is 11.9 Å². The van der Waals surface area contributed by atoms with Crippen molar-refractivity contribution in [1.82, 2.24) is 0 Å². The molecule has 3 aliphatic carbocycles. The van der Waals surface area contributed by atoms with Gasteiger partial charge in [0.1, 0.15) is 6.10 Å². The van der Waals surface area contributed by atoms with Gasteiger partial charge in [-0.25, -0.2) is 0 Å². The van der Waals surface area contributed by atoms with Gasteiger partial charge in [0.15, 0.2) is 6.79 Å². The monoisotopic (exact) mass is 380 g/mol. The van der Waals surface area contributed by atoms with E-state index in [1.807, 2.05) is 0 Å². The molecule has 154 valence electrons. The van der Waals surface area contributed by atoms with Gasteiger partial charge in [-0.1, -0.05) is 40.0 Å². The number of ether oxygens (including phenoxy) is 3. The van der Waals surface area contributed by atoms with Crippen molar-refractivity contribution in [2.45, 2.75) is 97.2 Å². The van der Waals surface area contributed by atoms with Crippen molar-refractivity contribution in [1.29, 1.82) is 0 Å². The molecule has 0 spiro atoms. The van der Waals surface area contributed by atoms with Crippen molar-refractivity contribution in [3.8, 4) is 0 Å². The van der Waals surface area contributed by atoms with Gasteiger partial charge < -0.3 is 14.2 Å². The molecular formula is C22H36O5.